The second kappa shape index (κ2) is 4.30. The second-order valence-electron chi connectivity index (χ2n) is 8.18. The minimum atomic E-state index is 0.532. The van der Waals surface area contributed by atoms with Crippen LogP contribution in [0, 0.1) is 35.5 Å². The molecule has 2 unspecified atom stereocenters. The van der Waals surface area contributed by atoms with Crippen LogP contribution in [0.1, 0.15) is 13.8 Å². The molecule has 6 aliphatic rings. The van der Waals surface area contributed by atoms with Crippen LogP contribution in [-0.2, 0) is 0 Å². The van der Waals surface area contributed by atoms with Crippen molar-refractivity contribution in [2.45, 2.75) is 13.8 Å². The van der Waals surface area contributed by atoms with Crippen LogP contribution in [-0.4, -0.2) is 0 Å². The van der Waals surface area contributed by atoms with Gasteiger partial charge in [-0.15, -0.1) is 0 Å². The maximum atomic E-state index is 2.46. The van der Waals surface area contributed by atoms with Crippen molar-refractivity contribution in [2.24, 2.45) is 35.5 Å². The van der Waals surface area contributed by atoms with Gasteiger partial charge in [0.1, 0.15) is 0 Å². The van der Waals surface area contributed by atoms with Gasteiger partial charge in [-0.3, -0.25) is 0 Å². The Bertz CT molecular complexity index is 834. The van der Waals surface area contributed by atoms with Crippen molar-refractivity contribution in [3.8, 4) is 0 Å². The molecular weight excluding hydrogens is 288 g/mol. The number of allylic oxidation sites excluding steroid dienone is 16. The average molecular weight is 310 g/mol. The molecule has 0 aliphatic heterocycles. The van der Waals surface area contributed by atoms with Crippen LogP contribution >= 0.6 is 0 Å². The van der Waals surface area contributed by atoms with Crippen LogP contribution in [0.3, 0.4) is 0 Å². The Hall–Kier alpha value is -2.08. The van der Waals surface area contributed by atoms with E-state index in [1.165, 1.54) is 0 Å². The summed E-state index contributed by atoms with van der Waals surface area (Å²) < 4.78 is 0. The minimum Gasteiger partial charge on any atom is -0.0767 e. The fourth-order valence-electron chi connectivity index (χ4n) is 6.09. The highest BCUT2D eigenvalue weighted by molar-refractivity contribution is 5.67. The molecule has 0 heterocycles. The van der Waals surface area contributed by atoms with Crippen molar-refractivity contribution in [1.29, 1.82) is 0 Å². The third-order valence-electron chi connectivity index (χ3n) is 7.37. The Morgan fingerprint density at radius 3 is 1.58 bits per heavy atom. The molecule has 0 nitrogen and oxygen atoms in total. The number of rotatable bonds is 0. The molecule has 2 atom stereocenters. The predicted octanol–water partition coefficient (Wildman–Crippen LogP) is 5.48. The summed E-state index contributed by atoms with van der Waals surface area (Å²) >= 11 is 0. The van der Waals surface area contributed by atoms with E-state index in [0.717, 1.165) is 0 Å². The maximum Gasteiger partial charge on any atom is 0.0199 e. The summed E-state index contributed by atoms with van der Waals surface area (Å²) in [6.45, 7) is 4.84. The van der Waals surface area contributed by atoms with E-state index in [2.05, 4.69) is 74.6 Å². The summed E-state index contributed by atoms with van der Waals surface area (Å²) in [6.07, 6.45) is 23.9. The van der Waals surface area contributed by atoms with Gasteiger partial charge in [-0.2, -0.15) is 0 Å². The molecule has 0 aromatic rings. The molecule has 0 aromatic heterocycles. The highest BCUT2D eigenvalue weighted by Gasteiger charge is 2.51. The molecule has 2 fully saturated rings. The van der Waals surface area contributed by atoms with E-state index in [-0.39, 0.29) is 0 Å². The zero-order valence-corrected chi connectivity index (χ0v) is 14.2. The molecule has 0 aromatic carbocycles. The Kier molecular flexibility index (Phi) is 2.37. The maximum absolute atomic E-state index is 2.46. The standard InChI is InChI=1S/C24H22/c1-13-14(2)17-10-12-21-19-8-4-6-15-5-3-7-18(22(15)19)20-11-9-16(13)23(17)24(20)21/h3-15,22-24H,1-2H3. The molecule has 24 heavy (non-hydrogen) atoms. The van der Waals surface area contributed by atoms with Crippen molar-refractivity contribution in [2.75, 3.05) is 0 Å². The van der Waals surface area contributed by atoms with Crippen LogP contribution in [0.5, 0.6) is 0 Å². The Morgan fingerprint density at radius 1 is 0.542 bits per heavy atom. The Balaban J connectivity index is 1.65. The summed E-state index contributed by atoms with van der Waals surface area (Å²) in [5.41, 5.74) is 9.67. The largest absolute Gasteiger partial charge is 0.0767 e. The van der Waals surface area contributed by atoms with Crippen molar-refractivity contribution in [3.63, 3.8) is 0 Å². The van der Waals surface area contributed by atoms with E-state index in [4.69, 9.17) is 0 Å². The molecule has 0 N–H and O–H groups in total. The van der Waals surface area contributed by atoms with Crippen LogP contribution in [0.15, 0.2) is 94.2 Å². The minimum absolute atomic E-state index is 0.532. The van der Waals surface area contributed by atoms with E-state index in [1.54, 1.807) is 33.4 Å². The molecule has 0 saturated heterocycles. The molecule has 0 radical (unpaired) electrons. The van der Waals surface area contributed by atoms with Crippen LogP contribution in [0.4, 0.5) is 0 Å². The van der Waals surface area contributed by atoms with Crippen molar-refractivity contribution >= 4 is 0 Å². The van der Waals surface area contributed by atoms with Crippen LogP contribution in [0.25, 0.3) is 0 Å². The zero-order chi connectivity index (χ0) is 16.0. The highest BCUT2D eigenvalue weighted by atomic mass is 14.5. The van der Waals surface area contributed by atoms with E-state index < -0.39 is 0 Å². The molecule has 0 spiro atoms. The Morgan fingerprint density at radius 2 is 1.04 bits per heavy atom. The number of hydrogen-bond acceptors (Lipinski definition) is 0. The first-order valence-electron chi connectivity index (χ1n) is 9.36. The SMILES string of the molecule is CC1C2=CC=C3C4=CC=CC5C=CC=C(C6=CC=C(C1C)C2C36)C45. The fourth-order valence-corrected chi connectivity index (χ4v) is 6.09. The molecule has 0 amide bonds. The number of fused-ring (bicyclic) bond motifs is 2. The first-order chi connectivity index (χ1) is 11.8. The summed E-state index contributed by atoms with van der Waals surface area (Å²) in [6, 6.07) is 0. The van der Waals surface area contributed by atoms with Gasteiger partial charge in [-0.1, -0.05) is 85.8 Å². The summed E-state index contributed by atoms with van der Waals surface area (Å²) in [5, 5.41) is 0. The lowest BCUT2D eigenvalue weighted by atomic mass is 9.56. The molecule has 2 saturated carbocycles. The van der Waals surface area contributed by atoms with Gasteiger partial charge in [0.15, 0.2) is 0 Å². The Labute approximate surface area is 144 Å². The van der Waals surface area contributed by atoms with Gasteiger partial charge >= 0.3 is 0 Å². The lowest BCUT2D eigenvalue weighted by molar-refractivity contribution is 0.475. The van der Waals surface area contributed by atoms with Crippen molar-refractivity contribution < 1.29 is 0 Å². The van der Waals surface area contributed by atoms with Gasteiger partial charge in [0.25, 0.3) is 0 Å². The number of hydrogen-bond donors (Lipinski definition) is 0. The van der Waals surface area contributed by atoms with E-state index >= 15 is 0 Å². The molecule has 6 aliphatic carbocycles. The van der Waals surface area contributed by atoms with Crippen LogP contribution in [0.2, 0.25) is 0 Å². The molecular formula is C24H22. The third-order valence-corrected chi connectivity index (χ3v) is 7.37. The van der Waals surface area contributed by atoms with Crippen LogP contribution < -0.4 is 0 Å². The first-order valence-corrected chi connectivity index (χ1v) is 9.36. The first kappa shape index (κ1) is 13.2. The van der Waals surface area contributed by atoms with Gasteiger partial charge in [-0.05, 0) is 34.1 Å². The average Bonchev–Trinajstić information content (AvgIpc) is 2.88. The van der Waals surface area contributed by atoms with Gasteiger partial charge in [-0.25, -0.2) is 0 Å². The smallest absolute Gasteiger partial charge is 0.0199 e. The lowest BCUT2D eigenvalue weighted by Crippen LogP contribution is -2.37. The zero-order valence-electron chi connectivity index (χ0n) is 14.2. The van der Waals surface area contributed by atoms with Gasteiger partial charge in [0.2, 0.25) is 0 Å². The predicted molar refractivity (Wildman–Crippen MR) is 99.1 cm³/mol. The summed E-state index contributed by atoms with van der Waals surface area (Å²) in [7, 11) is 0. The topological polar surface area (TPSA) is 0 Å². The van der Waals surface area contributed by atoms with Gasteiger partial charge < -0.3 is 0 Å². The second-order valence-corrected chi connectivity index (χ2v) is 8.18. The van der Waals surface area contributed by atoms with Crippen molar-refractivity contribution in [1.82, 2.24) is 0 Å². The van der Waals surface area contributed by atoms with Gasteiger partial charge in [0.05, 0.1) is 0 Å². The highest BCUT2D eigenvalue weighted by Crippen LogP contribution is 2.62. The molecule has 0 bridgehead atoms. The normalized spacial score (nSPS) is 42.9. The molecule has 118 valence electrons. The van der Waals surface area contributed by atoms with Crippen molar-refractivity contribution in [3.05, 3.63) is 94.2 Å². The van der Waals surface area contributed by atoms with E-state index in [0.29, 0.717) is 35.5 Å². The molecule has 0 heteroatoms. The quantitative estimate of drug-likeness (QED) is 0.556. The summed E-state index contributed by atoms with van der Waals surface area (Å²) in [4.78, 5) is 0. The van der Waals surface area contributed by atoms with E-state index in [1.807, 2.05) is 0 Å². The monoisotopic (exact) mass is 310 g/mol. The van der Waals surface area contributed by atoms with Gasteiger partial charge in [0, 0.05) is 23.7 Å². The fraction of sp³-hybridized carbons (Fsp3) is 0.333. The van der Waals surface area contributed by atoms with E-state index in [9.17, 15) is 0 Å². The lowest BCUT2D eigenvalue weighted by Gasteiger charge is -2.47. The molecule has 6 rings (SSSR count). The third kappa shape index (κ3) is 1.38. The summed E-state index contributed by atoms with van der Waals surface area (Å²) in [5.74, 6) is 3.60.